The molecule has 0 unspecified atom stereocenters. The van der Waals surface area contributed by atoms with Crippen molar-refractivity contribution in [3.05, 3.63) is 51.8 Å². The van der Waals surface area contributed by atoms with Crippen LogP contribution in [0, 0.1) is 22.0 Å². The molecule has 3 rings (SSSR count). The fourth-order valence-electron chi connectivity index (χ4n) is 2.28. The second kappa shape index (κ2) is 3.94. The van der Waals surface area contributed by atoms with Crippen LogP contribution in [0.15, 0.2) is 36.1 Å². The van der Waals surface area contributed by atoms with Crippen molar-refractivity contribution in [2.24, 2.45) is 11.8 Å². The molecular formula is C13H11NO4. The number of nitro benzene ring substituents is 1. The fourth-order valence-corrected chi connectivity index (χ4v) is 2.28. The highest BCUT2D eigenvalue weighted by Gasteiger charge is 2.45. The largest absolute Gasteiger partial charge is 0.428 e. The zero-order valence-electron chi connectivity index (χ0n) is 9.54. The van der Waals surface area contributed by atoms with Crippen molar-refractivity contribution >= 4 is 11.7 Å². The number of fused-ring (bicyclic) bond motifs is 1. The lowest BCUT2D eigenvalue weighted by Gasteiger charge is -2.05. The van der Waals surface area contributed by atoms with Crippen LogP contribution in [-0.4, -0.2) is 10.9 Å². The minimum atomic E-state index is -0.497. The number of non-ortho nitro benzene ring substituents is 1. The van der Waals surface area contributed by atoms with Gasteiger partial charge in [0.05, 0.1) is 10.5 Å². The van der Waals surface area contributed by atoms with Crippen molar-refractivity contribution in [1.82, 2.24) is 0 Å². The quantitative estimate of drug-likeness (QED) is 0.466. The molecule has 0 bridgehead atoms. The molecule has 2 atom stereocenters. The first-order valence-corrected chi connectivity index (χ1v) is 5.82. The Morgan fingerprint density at radius 3 is 2.56 bits per heavy atom. The van der Waals surface area contributed by atoms with E-state index in [9.17, 15) is 14.9 Å². The summed E-state index contributed by atoms with van der Waals surface area (Å²) >= 11 is 0. The summed E-state index contributed by atoms with van der Waals surface area (Å²) in [5, 5.41) is 10.5. The second-order valence-corrected chi connectivity index (χ2v) is 4.64. The van der Waals surface area contributed by atoms with Gasteiger partial charge in [0, 0.05) is 18.1 Å². The number of rotatable bonds is 3. The summed E-state index contributed by atoms with van der Waals surface area (Å²) in [6, 6.07) is 5.44. The summed E-state index contributed by atoms with van der Waals surface area (Å²) in [6.07, 6.45) is 4.06. The predicted octanol–water partition coefficient (Wildman–Crippen LogP) is 2.68. The Morgan fingerprint density at radius 1 is 1.33 bits per heavy atom. The van der Waals surface area contributed by atoms with Crippen LogP contribution in [0.3, 0.4) is 0 Å². The van der Waals surface area contributed by atoms with Crippen molar-refractivity contribution in [3.8, 4) is 0 Å². The third kappa shape index (κ3) is 1.88. The average Bonchev–Trinajstić information content (AvgIpc) is 3.06. The molecule has 2 aliphatic rings. The molecule has 5 nitrogen and oxygen atoms in total. The molecule has 0 N–H and O–H groups in total. The number of hydrogen-bond donors (Lipinski definition) is 0. The number of carbonyl (C=O) groups excluding carboxylic acids is 1. The molecule has 0 saturated heterocycles. The summed E-state index contributed by atoms with van der Waals surface area (Å²) in [5.74, 6) is 1.42. The molecular weight excluding hydrogens is 234 g/mol. The Balaban J connectivity index is 1.70. The van der Waals surface area contributed by atoms with Crippen LogP contribution in [0.1, 0.15) is 23.2 Å². The zero-order valence-corrected chi connectivity index (χ0v) is 9.54. The third-order valence-corrected chi connectivity index (χ3v) is 3.43. The van der Waals surface area contributed by atoms with Crippen LogP contribution in [0.25, 0.3) is 0 Å². The Bertz CT molecular complexity index is 547. The molecule has 18 heavy (non-hydrogen) atoms. The van der Waals surface area contributed by atoms with Gasteiger partial charge in [0.1, 0.15) is 5.76 Å². The van der Waals surface area contributed by atoms with E-state index in [0.717, 1.165) is 18.6 Å². The number of allylic oxidation sites excluding steroid dienone is 2. The standard InChI is InChI=1S/C13H11NO4/c15-13(18-12-6-3-9-7-11(9)12)8-1-4-10(5-2-8)14(16)17/h1-2,4-6,9,11H,3,7H2/t9-,11-/m0/s1. The van der Waals surface area contributed by atoms with Crippen molar-refractivity contribution < 1.29 is 14.5 Å². The zero-order chi connectivity index (χ0) is 12.7. The number of esters is 1. The van der Waals surface area contributed by atoms with Crippen LogP contribution in [-0.2, 0) is 4.74 Å². The van der Waals surface area contributed by atoms with E-state index in [2.05, 4.69) is 0 Å². The molecule has 1 saturated carbocycles. The number of ether oxygens (including phenoxy) is 1. The van der Waals surface area contributed by atoms with E-state index >= 15 is 0 Å². The lowest BCUT2D eigenvalue weighted by molar-refractivity contribution is -0.384. The first-order valence-electron chi connectivity index (χ1n) is 5.82. The summed E-state index contributed by atoms with van der Waals surface area (Å²) in [5.41, 5.74) is 0.305. The average molecular weight is 245 g/mol. The van der Waals surface area contributed by atoms with Gasteiger partial charge in [-0.05, 0) is 37.0 Å². The minimum Gasteiger partial charge on any atom is -0.428 e. The van der Waals surface area contributed by atoms with Crippen molar-refractivity contribution in [2.75, 3.05) is 0 Å². The Labute approximate surface area is 103 Å². The molecule has 1 fully saturated rings. The molecule has 0 aromatic heterocycles. The minimum absolute atomic E-state index is 0.0334. The van der Waals surface area contributed by atoms with Gasteiger partial charge in [-0.1, -0.05) is 0 Å². The second-order valence-electron chi connectivity index (χ2n) is 4.64. The predicted molar refractivity (Wildman–Crippen MR) is 62.8 cm³/mol. The fraction of sp³-hybridized carbons (Fsp3) is 0.308. The number of carbonyl (C=O) groups is 1. The summed E-state index contributed by atoms with van der Waals surface area (Å²) in [4.78, 5) is 21.8. The van der Waals surface area contributed by atoms with Gasteiger partial charge in [-0.25, -0.2) is 4.79 Å². The van der Waals surface area contributed by atoms with Crippen LogP contribution >= 0.6 is 0 Å². The molecule has 5 heteroatoms. The molecule has 92 valence electrons. The summed E-state index contributed by atoms with van der Waals surface area (Å²) in [6.45, 7) is 0. The molecule has 0 spiro atoms. The maximum Gasteiger partial charge on any atom is 0.343 e. The SMILES string of the molecule is O=C(OC1=CC[C@H]2C[C@H]12)c1ccc([N+](=O)[O-])cc1. The van der Waals surface area contributed by atoms with Crippen LogP contribution in [0.2, 0.25) is 0 Å². The van der Waals surface area contributed by atoms with Gasteiger partial charge in [-0.15, -0.1) is 0 Å². The van der Waals surface area contributed by atoms with Crippen LogP contribution in [0.4, 0.5) is 5.69 Å². The van der Waals surface area contributed by atoms with E-state index in [1.807, 2.05) is 6.08 Å². The van der Waals surface area contributed by atoms with E-state index in [-0.39, 0.29) is 5.69 Å². The van der Waals surface area contributed by atoms with Gasteiger partial charge < -0.3 is 4.74 Å². The van der Waals surface area contributed by atoms with Gasteiger partial charge >= 0.3 is 5.97 Å². The smallest absolute Gasteiger partial charge is 0.343 e. The number of hydrogen-bond acceptors (Lipinski definition) is 4. The monoisotopic (exact) mass is 245 g/mol. The van der Waals surface area contributed by atoms with Gasteiger partial charge in [0.25, 0.3) is 5.69 Å². The first kappa shape index (κ1) is 11.0. The first-order chi connectivity index (χ1) is 8.65. The molecule has 1 aromatic carbocycles. The van der Waals surface area contributed by atoms with E-state index in [1.165, 1.54) is 24.3 Å². The Kier molecular flexibility index (Phi) is 2.40. The number of nitro groups is 1. The van der Waals surface area contributed by atoms with E-state index < -0.39 is 10.9 Å². The van der Waals surface area contributed by atoms with E-state index in [4.69, 9.17) is 4.74 Å². The maximum absolute atomic E-state index is 11.8. The maximum atomic E-state index is 11.8. The molecule has 1 aromatic rings. The van der Waals surface area contributed by atoms with Crippen LogP contribution < -0.4 is 0 Å². The van der Waals surface area contributed by atoms with Gasteiger partial charge in [-0.2, -0.15) is 0 Å². The lowest BCUT2D eigenvalue weighted by Crippen LogP contribution is -2.05. The lowest BCUT2D eigenvalue weighted by atomic mass is 10.2. The van der Waals surface area contributed by atoms with Crippen molar-refractivity contribution in [3.63, 3.8) is 0 Å². The molecule has 0 aliphatic heterocycles. The topological polar surface area (TPSA) is 69.4 Å². The Morgan fingerprint density at radius 2 is 2.06 bits per heavy atom. The van der Waals surface area contributed by atoms with E-state index in [0.29, 0.717) is 17.4 Å². The van der Waals surface area contributed by atoms with Crippen molar-refractivity contribution in [2.45, 2.75) is 12.8 Å². The summed E-state index contributed by atoms with van der Waals surface area (Å²) < 4.78 is 5.30. The number of benzene rings is 1. The van der Waals surface area contributed by atoms with Gasteiger partial charge in [0.2, 0.25) is 0 Å². The molecule has 0 heterocycles. The molecule has 0 amide bonds. The highest BCUT2D eigenvalue weighted by molar-refractivity contribution is 5.90. The molecule has 0 radical (unpaired) electrons. The third-order valence-electron chi connectivity index (χ3n) is 3.43. The number of nitrogens with zero attached hydrogens (tertiary/aromatic N) is 1. The normalized spacial score (nSPS) is 24.1. The van der Waals surface area contributed by atoms with Gasteiger partial charge in [0.15, 0.2) is 0 Å². The Hall–Kier alpha value is -2.17. The van der Waals surface area contributed by atoms with Crippen LogP contribution in [0.5, 0.6) is 0 Å². The highest BCUT2D eigenvalue weighted by Crippen LogP contribution is 2.52. The van der Waals surface area contributed by atoms with E-state index in [1.54, 1.807) is 0 Å². The van der Waals surface area contributed by atoms with Gasteiger partial charge in [-0.3, -0.25) is 10.1 Å². The van der Waals surface area contributed by atoms with Crippen molar-refractivity contribution in [1.29, 1.82) is 0 Å². The summed E-state index contributed by atoms with van der Waals surface area (Å²) in [7, 11) is 0. The highest BCUT2D eigenvalue weighted by atomic mass is 16.6. The molecule has 2 aliphatic carbocycles.